The fourth-order valence-corrected chi connectivity index (χ4v) is 4.44. The number of carbonyl (C=O) groups excluding carboxylic acids is 1. The number of nitrogens with zero attached hydrogens (tertiary/aromatic N) is 4. The molecule has 142 valence electrons. The number of fused-ring (bicyclic) bond motifs is 1. The Morgan fingerprint density at radius 1 is 1.31 bits per heavy atom. The van der Waals surface area contributed by atoms with Crippen molar-refractivity contribution in [2.45, 2.75) is 45.6 Å². The van der Waals surface area contributed by atoms with Crippen molar-refractivity contribution in [2.75, 3.05) is 26.2 Å². The Labute approximate surface area is 152 Å². The van der Waals surface area contributed by atoms with Crippen molar-refractivity contribution < 1.29 is 19.2 Å². The number of carboxylic acids is 1. The lowest BCUT2D eigenvalue weighted by Crippen LogP contribution is -2.44. The number of hydrogen-bond donors (Lipinski definition) is 1. The van der Waals surface area contributed by atoms with Crippen LogP contribution in [0.15, 0.2) is 4.52 Å². The maximum Gasteiger partial charge on any atom is 0.313 e. The summed E-state index contributed by atoms with van der Waals surface area (Å²) < 4.78 is 5.24. The standard InChI is InChI=1S/C18H26N4O4/c1-11(2)15-19-14(20-26-15)8-21-6-13-7-22(16(23)12-4-3-5-12)10-18(13,9-21)17(24)25/h11-13H,3-10H2,1-2H3,(H,24,25)/t13-,18-/m0/s1. The number of carboxylic acid groups (broad SMARTS) is 1. The van der Waals surface area contributed by atoms with Gasteiger partial charge in [-0.05, 0) is 12.8 Å². The molecule has 0 aromatic carbocycles. The van der Waals surface area contributed by atoms with Gasteiger partial charge < -0.3 is 14.5 Å². The second-order valence-corrected chi connectivity index (χ2v) is 8.38. The Morgan fingerprint density at radius 3 is 2.62 bits per heavy atom. The number of amides is 1. The molecule has 3 fully saturated rings. The van der Waals surface area contributed by atoms with Crippen LogP contribution in [0.2, 0.25) is 0 Å². The first kappa shape index (κ1) is 17.5. The smallest absolute Gasteiger partial charge is 0.313 e. The molecule has 8 nitrogen and oxygen atoms in total. The highest BCUT2D eigenvalue weighted by Gasteiger charge is 2.58. The van der Waals surface area contributed by atoms with Crippen LogP contribution in [0.5, 0.6) is 0 Å². The van der Waals surface area contributed by atoms with E-state index in [2.05, 4.69) is 15.0 Å². The van der Waals surface area contributed by atoms with E-state index in [0.29, 0.717) is 44.4 Å². The second kappa shape index (κ2) is 6.33. The van der Waals surface area contributed by atoms with Gasteiger partial charge in [0.1, 0.15) is 5.41 Å². The minimum atomic E-state index is -0.871. The van der Waals surface area contributed by atoms with Crippen molar-refractivity contribution in [3.8, 4) is 0 Å². The number of carbonyl (C=O) groups is 2. The molecule has 4 rings (SSSR count). The van der Waals surface area contributed by atoms with Crippen LogP contribution in [-0.4, -0.2) is 63.1 Å². The first-order valence-corrected chi connectivity index (χ1v) is 9.46. The third-order valence-electron chi connectivity index (χ3n) is 6.21. The van der Waals surface area contributed by atoms with Crippen molar-refractivity contribution in [1.82, 2.24) is 19.9 Å². The maximum absolute atomic E-state index is 12.5. The SMILES string of the molecule is CC(C)c1nc(CN2C[C@H]3CN(C(=O)C4CCC4)C[C@@]3(C(=O)O)C2)no1. The second-order valence-electron chi connectivity index (χ2n) is 8.38. The zero-order chi connectivity index (χ0) is 18.5. The largest absolute Gasteiger partial charge is 0.481 e. The molecule has 1 aromatic heterocycles. The molecule has 0 radical (unpaired) electrons. The minimum absolute atomic E-state index is 0.0412. The topological polar surface area (TPSA) is 99.8 Å². The number of likely N-dealkylation sites (tertiary alicyclic amines) is 2. The van der Waals surface area contributed by atoms with Gasteiger partial charge in [-0.3, -0.25) is 14.5 Å². The summed E-state index contributed by atoms with van der Waals surface area (Å²) in [6.07, 6.45) is 3.00. The van der Waals surface area contributed by atoms with Gasteiger partial charge in [0.2, 0.25) is 11.8 Å². The van der Waals surface area contributed by atoms with E-state index in [4.69, 9.17) is 4.52 Å². The van der Waals surface area contributed by atoms with Crippen molar-refractivity contribution >= 4 is 11.9 Å². The Kier molecular flexibility index (Phi) is 4.25. The number of hydrogen-bond acceptors (Lipinski definition) is 6. The van der Waals surface area contributed by atoms with Crippen LogP contribution >= 0.6 is 0 Å². The fourth-order valence-electron chi connectivity index (χ4n) is 4.44. The molecule has 1 saturated carbocycles. The molecule has 0 unspecified atom stereocenters. The average molecular weight is 362 g/mol. The normalized spacial score (nSPS) is 29.2. The maximum atomic E-state index is 12.5. The summed E-state index contributed by atoms with van der Waals surface area (Å²) in [7, 11) is 0. The van der Waals surface area contributed by atoms with E-state index >= 15 is 0 Å². The Balaban J connectivity index is 1.44. The monoisotopic (exact) mass is 362 g/mol. The lowest BCUT2D eigenvalue weighted by Gasteiger charge is -2.31. The van der Waals surface area contributed by atoms with Crippen molar-refractivity contribution in [3.05, 3.63) is 11.7 Å². The number of rotatable bonds is 5. The van der Waals surface area contributed by atoms with Crippen molar-refractivity contribution in [3.63, 3.8) is 0 Å². The third kappa shape index (κ3) is 2.80. The van der Waals surface area contributed by atoms with E-state index in [1.165, 1.54) is 0 Å². The first-order chi connectivity index (χ1) is 12.4. The summed E-state index contributed by atoms with van der Waals surface area (Å²) in [6.45, 7) is 6.40. The quantitative estimate of drug-likeness (QED) is 0.843. The molecule has 1 amide bonds. The van der Waals surface area contributed by atoms with Crippen molar-refractivity contribution in [1.29, 1.82) is 0 Å². The van der Waals surface area contributed by atoms with E-state index in [1.54, 1.807) is 4.90 Å². The predicted molar refractivity (Wildman–Crippen MR) is 91.1 cm³/mol. The Bertz CT molecular complexity index is 714. The van der Waals surface area contributed by atoms with Gasteiger partial charge in [0.05, 0.1) is 6.54 Å². The Morgan fingerprint density at radius 2 is 2.08 bits per heavy atom. The number of aromatic nitrogens is 2. The highest BCUT2D eigenvalue weighted by atomic mass is 16.5. The highest BCUT2D eigenvalue weighted by Crippen LogP contribution is 2.44. The molecule has 3 heterocycles. The molecule has 2 aliphatic heterocycles. The molecule has 0 bridgehead atoms. The molecule has 26 heavy (non-hydrogen) atoms. The summed E-state index contributed by atoms with van der Waals surface area (Å²) in [5.74, 6) is 0.791. The fraction of sp³-hybridized carbons (Fsp3) is 0.778. The summed E-state index contributed by atoms with van der Waals surface area (Å²) in [5.41, 5.74) is -0.871. The van der Waals surface area contributed by atoms with Crippen LogP contribution in [0.4, 0.5) is 0 Å². The van der Waals surface area contributed by atoms with Gasteiger partial charge in [-0.15, -0.1) is 0 Å². The van der Waals surface area contributed by atoms with E-state index in [0.717, 1.165) is 19.3 Å². The van der Waals surface area contributed by atoms with E-state index < -0.39 is 11.4 Å². The van der Waals surface area contributed by atoms with E-state index in [-0.39, 0.29) is 23.7 Å². The molecular formula is C18H26N4O4. The Hall–Kier alpha value is -1.96. The van der Waals surface area contributed by atoms with Gasteiger partial charge in [-0.1, -0.05) is 25.4 Å². The van der Waals surface area contributed by atoms with Crippen LogP contribution in [0.3, 0.4) is 0 Å². The van der Waals surface area contributed by atoms with Crippen LogP contribution in [0.25, 0.3) is 0 Å². The minimum Gasteiger partial charge on any atom is -0.481 e. The van der Waals surface area contributed by atoms with Crippen LogP contribution in [0.1, 0.15) is 50.7 Å². The highest BCUT2D eigenvalue weighted by molar-refractivity contribution is 5.83. The summed E-state index contributed by atoms with van der Waals surface area (Å²) >= 11 is 0. The molecule has 3 aliphatic rings. The molecule has 1 aliphatic carbocycles. The molecule has 2 atom stereocenters. The van der Waals surface area contributed by atoms with Crippen LogP contribution < -0.4 is 0 Å². The van der Waals surface area contributed by atoms with Gasteiger partial charge >= 0.3 is 5.97 Å². The first-order valence-electron chi connectivity index (χ1n) is 9.46. The van der Waals surface area contributed by atoms with Gasteiger partial charge in [-0.25, -0.2) is 0 Å². The summed E-state index contributed by atoms with van der Waals surface area (Å²) in [6, 6.07) is 0. The lowest BCUT2D eigenvalue weighted by molar-refractivity contribution is -0.149. The predicted octanol–water partition coefficient (Wildman–Crippen LogP) is 1.34. The van der Waals surface area contributed by atoms with E-state index in [9.17, 15) is 14.7 Å². The third-order valence-corrected chi connectivity index (χ3v) is 6.21. The van der Waals surface area contributed by atoms with Gasteiger partial charge in [-0.2, -0.15) is 4.98 Å². The molecule has 2 saturated heterocycles. The van der Waals surface area contributed by atoms with E-state index in [1.807, 2.05) is 13.8 Å². The summed E-state index contributed by atoms with van der Waals surface area (Å²) in [5, 5.41) is 13.9. The molecular weight excluding hydrogens is 336 g/mol. The zero-order valence-electron chi connectivity index (χ0n) is 15.3. The van der Waals surface area contributed by atoms with Gasteiger partial charge in [0.15, 0.2) is 5.82 Å². The van der Waals surface area contributed by atoms with Crippen molar-refractivity contribution in [2.24, 2.45) is 17.3 Å². The lowest BCUT2D eigenvalue weighted by atomic mass is 9.81. The average Bonchev–Trinajstić information content (AvgIpc) is 3.18. The molecule has 0 spiro atoms. The number of aliphatic carboxylic acids is 1. The summed E-state index contributed by atoms with van der Waals surface area (Å²) in [4.78, 5) is 32.9. The molecule has 1 aromatic rings. The molecule has 8 heteroatoms. The van der Waals surface area contributed by atoms with Gasteiger partial charge in [0, 0.05) is 43.9 Å². The zero-order valence-corrected chi connectivity index (χ0v) is 15.3. The van der Waals surface area contributed by atoms with Gasteiger partial charge in [0.25, 0.3) is 0 Å². The molecule has 1 N–H and O–H groups in total. The van der Waals surface area contributed by atoms with Crippen LogP contribution in [0, 0.1) is 17.3 Å². The van der Waals surface area contributed by atoms with Crippen LogP contribution in [-0.2, 0) is 16.1 Å².